The molecule has 3 atom stereocenters. The fourth-order valence-corrected chi connectivity index (χ4v) is 4.83. The number of aliphatic hydroxyl groups is 1. The molecule has 2 saturated heterocycles. The highest BCUT2D eigenvalue weighted by Gasteiger charge is 2.53. The normalized spacial score (nSPS) is 23.5. The van der Waals surface area contributed by atoms with Gasteiger partial charge in [0.2, 0.25) is 5.91 Å². The SMILES string of the molecule is C/C=C/c1ccc([C@@H]2[C@@H](CO)N3C(=O)CN(Cc4ccc(C(=O)OC)cc4)C[C@@H]23)cc1. The van der Waals surface area contributed by atoms with Crippen LogP contribution >= 0.6 is 0 Å². The fourth-order valence-electron chi connectivity index (χ4n) is 4.83. The second-order valence-corrected chi connectivity index (χ2v) is 8.17. The molecule has 31 heavy (non-hydrogen) atoms. The molecular weight excluding hydrogens is 392 g/mol. The summed E-state index contributed by atoms with van der Waals surface area (Å²) in [5, 5.41) is 9.95. The maximum absolute atomic E-state index is 12.8. The Labute approximate surface area is 182 Å². The van der Waals surface area contributed by atoms with E-state index in [0.717, 1.165) is 23.2 Å². The minimum Gasteiger partial charge on any atom is -0.465 e. The summed E-state index contributed by atoms with van der Waals surface area (Å²) >= 11 is 0. The molecule has 162 valence electrons. The van der Waals surface area contributed by atoms with E-state index in [4.69, 9.17) is 4.74 Å². The zero-order chi connectivity index (χ0) is 22.0. The van der Waals surface area contributed by atoms with Crippen molar-refractivity contribution >= 4 is 18.0 Å². The lowest BCUT2D eigenvalue weighted by atomic mass is 9.73. The summed E-state index contributed by atoms with van der Waals surface area (Å²) in [6.45, 7) is 3.68. The van der Waals surface area contributed by atoms with E-state index >= 15 is 0 Å². The zero-order valence-electron chi connectivity index (χ0n) is 17.9. The van der Waals surface area contributed by atoms with Crippen molar-refractivity contribution in [3.05, 3.63) is 76.9 Å². The van der Waals surface area contributed by atoms with Gasteiger partial charge in [-0.1, -0.05) is 48.6 Å². The van der Waals surface area contributed by atoms with Crippen molar-refractivity contribution in [2.75, 3.05) is 26.8 Å². The molecule has 2 aromatic carbocycles. The summed E-state index contributed by atoms with van der Waals surface area (Å²) in [6.07, 6.45) is 4.06. The van der Waals surface area contributed by atoms with Crippen LogP contribution in [0.1, 0.15) is 39.9 Å². The second-order valence-electron chi connectivity index (χ2n) is 8.17. The highest BCUT2D eigenvalue weighted by atomic mass is 16.5. The van der Waals surface area contributed by atoms with Gasteiger partial charge in [-0.15, -0.1) is 0 Å². The van der Waals surface area contributed by atoms with Gasteiger partial charge in [0.15, 0.2) is 0 Å². The molecule has 0 bridgehead atoms. The van der Waals surface area contributed by atoms with E-state index < -0.39 is 0 Å². The van der Waals surface area contributed by atoms with Gasteiger partial charge >= 0.3 is 5.97 Å². The van der Waals surface area contributed by atoms with E-state index in [1.807, 2.05) is 30.0 Å². The number of benzene rings is 2. The van der Waals surface area contributed by atoms with Gasteiger partial charge in [0.1, 0.15) is 0 Å². The molecule has 6 nitrogen and oxygen atoms in total. The molecule has 4 rings (SSSR count). The van der Waals surface area contributed by atoms with Crippen molar-refractivity contribution in [1.29, 1.82) is 0 Å². The van der Waals surface area contributed by atoms with Gasteiger partial charge in [-0.05, 0) is 35.7 Å². The molecule has 0 aliphatic carbocycles. The van der Waals surface area contributed by atoms with E-state index in [0.29, 0.717) is 18.7 Å². The monoisotopic (exact) mass is 420 g/mol. The number of rotatable bonds is 6. The third-order valence-electron chi connectivity index (χ3n) is 6.28. The van der Waals surface area contributed by atoms with Crippen molar-refractivity contribution in [2.45, 2.75) is 31.5 Å². The highest BCUT2D eigenvalue weighted by molar-refractivity contribution is 5.89. The molecule has 0 aromatic heterocycles. The topological polar surface area (TPSA) is 70.1 Å². The molecule has 0 saturated carbocycles. The van der Waals surface area contributed by atoms with E-state index in [1.54, 1.807) is 12.1 Å². The largest absolute Gasteiger partial charge is 0.465 e. The number of allylic oxidation sites excluding steroid dienone is 1. The number of piperazine rings is 1. The van der Waals surface area contributed by atoms with E-state index in [2.05, 4.69) is 35.2 Å². The number of amides is 1. The van der Waals surface area contributed by atoms with Crippen LogP contribution in [0.5, 0.6) is 0 Å². The Kier molecular flexibility index (Phi) is 6.20. The molecule has 2 aromatic rings. The average molecular weight is 421 g/mol. The molecular formula is C25H28N2O4. The molecule has 0 spiro atoms. The van der Waals surface area contributed by atoms with Crippen molar-refractivity contribution in [2.24, 2.45) is 0 Å². The third kappa shape index (κ3) is 4.13. The van der Waals surface area contributed by atoms with Crippen LogP contribution in [0.25, 0.3) is 6.08 Å². The van der Waals surface area contributed by atoms with Gasteiger partial charge in [-0.25, -0.2) is 4.79 Å². The number of fused-ring (bicyclic) bond motifs is 1. The van der Waals surface area contributed by atoms with Crippen LogP contribution in [0, 0.1) is 0 Å². The first-order valence-electron chi connectivity index (χ1n) is 10.6. The summed E-state index contributed by atoms with van der Waals surface area (Å²) in [6, 6.07) is 15.6. The summed E-state index contributed by atoms with van der Waals surface area (Å²) in [4.78, 5) is 28.5. The molecule has 1 amide bonds. The van der Waals surface area contributed by atoms with E-state index in [1.165, 1.54) is 7.11 Å². The van der Waals surface area contributed by atoms with Crippen molar-refractivity contribution < 1.29 is 19.4 Å². The minimum absolute atomic E-state index is 0.0293. The molecule has 1 N–H and O–H groups in total. The molecule has 2 fully saturated rings. The standard InChI is InChI=1S/C25H28N2O4/c1-3-4-17-5-9-19(10-6-17)24-21-14-26(15-23(29)27(21)22(24)16-28)13-18-7-11-20(12-8-18)25(30)31-2/h3-12,21-22,24,28H,13-16H2,1-2H3/b4-3+/t21-,22+,24-/m0/s1. The number of carbonyl (C=O) groups is 2. The van der Waals surface area contributed by atoms with Gasteiger partial charge in [0, 0.05) is 19.0 Å². The maximum Gasteiger partial charge on any atom is 0.337 e. The van der Waals surface area contributed by atoms with Gasteiger partial charge in [-0.2, -0.15) is 0 Å². The van der Waals surface area contributed by atoms with Gasteiger partial charge in [-0.3, -0.25) is 9.69 Å². The Morgan fingerprint density at radius 1 is 1.16 bits per heavy atom. The minimum atomic E-state index is -0.358. The predicted octanol–water partition coefficient (Wildman–Crippen LogP) is 2.68. The number of aliphatic hydroxyl groups excluding tert-OH is 1. The van der Waals surface area contributed by atoms with Crippen LogP contribution in [0.3, 0.4) is 0 Å². The summed E-state index contributed by atoms with van der Waals surface area (Å²) in [7, 11) is 1.37. The van der Waals surface area contributed by atoms with Crippen LogP contribution in [0.15, 0.2) is 54.6 Å². The fraction of sp³-hybridized carbons (Fsp3) is 0.360. The van der Waals surface area contributed by atoms with Gasteiger partial charge in [0.05, 0.1) is 37.9 Å². The lowest BCUT2D eigenvalue weighted by molar-refractivity contribution is -0.162. The number of nitrogens with zero attached hydrogens (tertiary/aromatic N) is 2. The second kappa shape index (κ2) is 9.04. The number of hydrogen-bond acceptors (Lipinski definition) is 5. The summed E-state index contributed by atoms with van der Waals surface area (Å²) in [5.41, 5.74) is 3.85. The van der Waals surface area contributed by atoms with Crippen LogP contribution in [-0.4, -0.2) is 65.7 Å². The van der Waals surface area contributed by atoms with Crippen LogP contribution in [0.2, 0.25) is 0 Å². The molecule has 2 aliphatic heterocycles. The van der Waals surface area contributed by atoms with Crippen LogP contribution in [0.4, 0.5) is 0 Å². The first-order chi connectivity index (χ1) is 15.0. The Morgan fingerprint density at radius 3 is 2.48 bits per heavy atom. The Balaban J connectivity index is 1.48. The average Bonchev–Trinajstić information content (AvgIpc) is 2.77. The highest BCUT2D eigenvalue weighted by Crippen LogP contribution is 2.43. The van der Waals surface area contributed by atoms with E-state index in [-0.39, 0.29) is 36.5 Å². The number of methoxy groups -OCH3 is 1. The smallest absolute Gasteiger partial charge is 0.337 e. The first kappa shape index (κ1) is 21.3. The number of carbonyl (C=O) groups excluding carboxylic acids is 2. The Morgan fingerprint density at radius 2 is 1.87 bits per heavy atom. The Hall–Kier alpha value is -2.96. The number of ether oxygens (including phenoxy) is 1. The van der Waals surface area contributed by atoms with Crippen molar-refractivity contribution in [1.82, 2.24) is 9.80 Å². The quantitative estimate of drug-likeness (QED) is 0.728. The molecule has 0 unspecified atom stereocenters. The van der Waals surface area contributed by atoms with Crippen molar-refractivity contribution in [3.63, 3.8) is 0 Å². The zero-order valence-corrected chi connectivity index (χ0v) is 17.9. The molecule has 2 heterocycles. The number of hydrogen-bond donors (Lipinski definition) is 1. The van der Waals surface area contributed by atoms with Gasteiger partial charge < -0.3 is 14.7 Å². The lowest BCUT2D eigenvalue weighted by Gasteiger charge is -2.59. The van der Waals surface area contributed by atoms with E-state index in [9.17, 15) is 14.7 Å². The first-order valence-corrected chi connectivity index (χ1v) is 10.6. The van der Waals surface area contributed by atoms with Crippen LogP contribution < -0.4 is 0 Å². The maximum atomic E-state index is 12.8. The third-order valence-corrected chi connectivity index (χ3v) is 6.28. The number of esters is 1. The predicted molar refractivity (Wildman–Crippen MR) is 118 cm³/mol. The Bertz CT molecular complexity index is 968. The van der Waals surface area contributed by atoms with Gasteiger partial charge in [0.25, 0.3) is 0 Å². The summed E-state index contributed by atoms with van der Waals surface area (Å²) in [5.74, 6) is -0.176. The lowest BCUT2D eigenvalue weighted by Crippen LogP contribution is -2.72. The summed E-state index contributed by atoms with van der Waals surface area (Å²) < 4.78 is 4.75. The molecule has 2 aliphatic rings. The van der Waals surface area contributed by atoms with Crippen LogP contribution in [-0.2, 0) is 16.1 Å². The molecule has 6 heteroatoms. The molecule has 0 radical (unpaired) electrons. The van der Waals surface area contributed by atoms with Crippen molar-refractivity contribution in [3.8, 4) is 0 Å².